The molecule has 1 aromatic rings. The predicted molar refractivity (Wildman–Crippen MR) is 129 cm³/mol. The predicted octanol–water partition coefficient (Wildman–Crippen LogP) is 2.36. The van der Waals surface area contributed by atoms with Crippen LogP contribution >= 0.6 is 35.6 Å². The molecule has 0 aromatic heterocycles. The van der Waals surface area contributed by atoms with Crippen LogP contribution < -0.4 is 10.6 Å². The van der Waals surface area contributed by atoms with Gasteiger partial charge in [-0.3, -0.25) is 9.69 Å². The van der Waals surface area contributed by atoms with Crippen molar-refractivity contribution in [1.82, 2.24) is 20.4 Å². The molecule has 1 aromatic carbocycles. The molecule has 7 nitrogen and oxygen atoms in total. The van der Waals surface area contributed by atoms with Crippen molar-refractivity contribution in [2.45, 2.75) is 19.4 Å². The maximum atomic E-state index is 11.9. The zero-order valence-corrected chi connectivity index (χ0v) is 20.6. The van der Waals surface area contributed by atoms with Crippen molar-refractivity contribution in [3.8, 4) is 0 Å². The highest BCUT2D eigenvalue weighted by atomic mass is 127. The number of ether oxygens (including phenoxy) is 1. The van der Waals surface area contributed by atoms with Crippen LogP contribution in [0, 0.1) is 0 Å². The van der Waals surface area contributed by atoms with Crippen LogP contribution in [0.5, 0.6) is 0 Å². The zero-order valence-electron chi connectivity index (χ0n) is 17.5. The van der Waals surface area contributed by atoms with Gasteiger partial charge in [-0.25, -0.2) is 4.99 Å². The van der Waals surface area contributed by atoms with E-state index in [-0.39, 0.29) is 42.5 Å². The SMILES string of the molecule is CC(NC(=NCC(=O)N(C)C)NCCCN1CCOCC1)c1ccc(Cl)cc1.I. The Labute approximate surface area is 196 Å². The first-order valence-corrected chi connectivity index (χ1v) is 10.1. The number of hydrogen-bond donors (Lipinski definition) is 2. The van der Waals surface area contributed by atoms with E-state index in [0.717, 1.165) is 51.4 Å². The molecule has 1 aliphatic heterocycles. The van der Waals surface area contributed by atoms with Crippen molar-refractivity contribution < 1.29 is 9.53 Å². The first kappa shape index (κ1) is 25.9. The molecule has 0 saturated carbocycles. The Hall–Kier alpha value is -1.10. The van der Waals surface area contributed by atoms with E-state index in [9.17, 15) is 4.79 Å². The summed E-state index contributed by atoms with van der Waals surface area (Å²) in [5.74, 6) is 0.605. The lowest BCUT2D eigenvalue weighted by Crippen LogP contribution is -2.42. The van der Waals surface area contributed by atoms with E-state index in [4.69, 9.17) is 16.3 Å². The highest BCUT2D eigenvalue weighted by molar-refractivity contribution is 14.0. The van der Waals surface area contributed by atoms with Crippen LogP contribution in [-0.4, -0.2) is 81.7 Å². The normalized spacial score (nSPS) is 15.9. The van der Waals surface area contributed by atoms with Crippen molar-refractivity contribution >= 4 is 47.4 Å². The fourth-order valence-corrected chi connectivity index (χ4v) is 2.94. The zero-order chi connectivity index (χ0) is 20.4. The topological polar surface area (TPSA) is 69.2 Å². The van der Waals surface area contributed by atoms with Crippen molar-refractivity contribution in [1.29, 1.82) is 0 Å². The molecule has 1 aliphatic rings. The Morgan fingerprint density at radius 1 is 1.28 bits per heavy atom. The smallest absolute Gasteiger partial charge is 0.243 e. The molecule has 0 radical (unpaired) electrons. The van der Waals surface area contributed by atoms with Crippen molar-refractivity contribution in [3.05, 3.63) is 34.9 Å². The van der Waals surface area contributed by atoms with Gasteiger partial charge >= 0.3 is 0 Å². The summed E-state index contributed by atoms with van der Waals surface area (Å²) >= 11 is 5.97. The van der Waals surface area contributed by atoms with E-state index in [1.807, 2.05) is 24.3 Å². The minimum atomic E-state index is -0.0337. The van der Waals surface area contributed by atoms with Crippen LogP contribution in [0.25, 0.3) is 0 Å². The molecule has 1 unspecified atom stereocenters. The quantitative estimate of drug-likeness (QED) is 0.231. The Kier molecular flexibility index (Phi) is 12.5. The number of rotatable bonds is 8. The van der Waals surface area contributed by atoms with E-state index in [2.05, 4.69) is 27.4 Å². The van der Waals surface area contributed by atoms with Crippen LogP contribution in [-0.2, 0) is 9.53 Å². The van der Waals surface area contributed by atoms with Crippen molar-refractivity contribution in [2.75, 3.05) is 60.0 Å². The van der Waals surface area contributed by atoms with Gasteiger partial charge in [0.05, 0.1) is 19.3 Å². The monoisotopic (exact) mass is 537 g/mol. The number of halogens is 2. The minimum absolute atomic E-state index is 0. The number of benzene rings is 1. The Bertz CT molecular complexity index is 636. The molecule has 1 fully saturated rings. The summed E-state index contributed by atoms with van der Waals surface area (Å²) in [6.07, 6.45) is 0.998. The molecular weight excluding hydrogens is 505 g/mol. The number of carbonyl (C=O) groups excluding carboxylic acids is 1. The fraction of sp³-hybridized carbons (Fsp3) is 0.600. The van der Waals surface area contributed by atoms with Crippen LogP contribution in [0.4, 0.5) is 0 Å². The molecule has 2 rings (SSSR count). The van der Waals surface area contributed by atoms with Gasteiger partial charge in [0.1, 0.15) is 6.54 Å². The summed E-state index contributed by atoms with van der Waals surface area (Å²) in [6.45, 7) is 7.58. The van der Waals surface area contributed by atoms with E-state index >= 15 is 0 Å². The highest BCUT2D eigenvalue weighted by Gasteiger charge is 2.11. The minimum Gasteiger partial charge on any atom is -0.379 e. The highest BCUT2D eigenvalue weighted by Crippen LogP contribution is 2.15. The molecule has 1 saturated heterocycles. The first-order chi connectivity index (χ1) is 13.5. The van der Waals surface area contributed by atoms with Gasteiger partial charge in [0, 0.05) is 38.8 Å². The summed E-state index contributed by atoms with van der Waals surface area (Å²) in [4.78, 5) is 20.3. The number of amides is 1. The maximum Gasteiger partial charge on any atom is 0.243 e. The maximum absolute atomic E-state index is 11.9. The third kappa shape index (κ3) is 9.97. The van der Waals surface area contributed by atoms with E-state index in [0.29, 0.717) is 11.0 Å². The van der Waals surface area contributed by atoms with Gasteiger partial charge in [0.2, 0.25) is 5.91 Å². The van der Waals surface area contributed by atoms with Gasteiger partial charge in [0.15, 0.2) is 5.96 Å². The number of nitrogens with zero attached hydrogens (tertiary/aromatic N) is 3. The van der Waals surface area contributed by atoms with Gasteiger partial charge in [-0.1, -0.05) is 23.7 Å². The Balaban J connectivity index is 0.00000420. The molecule has 0 spiro atoms. The third-order valence-corrected chi connectivity index (χ3v) is 4.89. The van der Waals surface area contributed by atoms with E-state index < -0.39 is 0 Å². The van der Waals surface area contributed by atoms with Crippen LogP contribution in [0.3, 0.4) is 0 Å². The molecule has 9 heteroatoms. The van der Waals surface area contributed by atoms with E-state index in [1.165, 1.54) is 0 Å². The molecule has 0 bridgehead atoms. The average molecular weight is 538 g/mol. The van der Waals surface area contributed by atoms with Gasteiger partial charge in [-0.05, 0) is 37.6 Å². The van der Waals surface area contributed by atoms with Crippen molar-refractivity contribution in [2.24, 2.45) is 4.99 Å². The molecule has 1 atom stereocenters. The molecular formula is C20H33ClIN5O2. The standard InChI is InChI=1S/C20H32ClN5O2.HI/c1-16(17-5-7-18(21)8-6-17)24-20(23-15-19(27)25(2)3)22-9-4-10-26-11-13-28-14-12-26;/h5-8,16H,4,9-15H2,1-3H3,(H2,22,23,24);1H. The lowest BCUT2D eigenvalue weighted by atomic mass is 10.1. The molecule has 1 heterocycles. The Morgan fingerprint density at radius 3 is 2.55 bits per heavy atom. The average Bonchev–Trinajstić information content (AvgIpc) is 2.70. The summed E-state index contributed by atoms with van der Waals surface area (Å²) < 4.78 is 5.38. The molecule has 2 N–H and O–H groups in total. The van der Waals surface area contributed by atoms with E-state index in [1.54, 1.807) is 19.0 Å². The lowest BCUT2D eigenvalue weighted by molar-refractivity contribution is -0.127. The van der Waals surface area contributed by atoms with Gasteiger partial charge < -0.3 is 20.3 Å². The molecule has 29 heavy (non-hydrogen) atoms. The van der Waals surface area contributed by atoms with Gasteiger partial charge in [-0.2, -0.15) is 0 Å². The summed E-state index contributed by atoms with van der Waals surface area (Å²) in [6, 6.07) is 7.76. The first-order valence-electron chi connectivity index (χ1n) is 9.76. The number of guanidine groups is 1. The number of carbonyl (C=O) groups is 1. The number of nitrogens with one attached hydrogen (secondary N) is 2. The molecule has 164 valence electrons. The van der Waals surface area contributed by atoms with Crippen LogP contribution in [0.15, 0.2) is 29.3 Å². The second kappa shape index (κ2) is 14.0. The number of hydrogen-bond acceptors (Lipinski definition) is 4. The summed E-state index contributed by atoms with van der Waals surface area (Å²) in [7, 11) is 3.47. The Morgan fingerprint density at radius 2 is 1.93 bits per heavy atom. The molecule has 1 amide bonds. The molecule has 0 aliphatic carbocycles. The second-order valence-electron chi connectivity index (χ2n) is 7.10. The summed E-state index contributed by atoms with van der Waals surface area (Å²) in [5.41, 5.74) is 1.10. The fourth-order valence-electron chi connectivity index (χ4n) is 2.81. The van der Waals surface area contributed by atoms with Gasteiger partial charge in [-0.15, -0.1) is 24.0 Å². The van der Waals surface area contributed by atoms with Gasteiger partial charge in [0.25, 0.3) is 0 Å². The number of aliphatic imine (C=N–C) groups is 1. The lowest BCUT2D eigenvalue weighted by Gasteiger charge is -2.26. The third-order valence-electron chi connectivity index (χ3n) is 4.64. The second-order valence-corrected chi connectivity index (χ2v) is 7.54. The number of morpholine rings is 1. The number of likely N-dealkylation sites (N-methyl/N-ethyl adjacent to an activating group) is 1. The van der Waals surface area contributed by atoms with Crippen LogP contribution in [0.1, 0.15) is 24.9 Å². The largest absolute Gasteiger partial charge is 0.379 e. The van der Waals surface area contributed by atoms with Crippen molar-refractivity contribution in [3.63, 3.8) is 0 Å². The van der Waals surface area contributed by atoms with Crippen LogP contribution in [0.2, 0.25) is 5.02 Å². The summed E-state index contributed by atoms with van der Waals surface area (Å²) in [5, 5.41) is 7.44.